The van der Waals surface area contributed by atoms with Gasteiger partial charge in [-0.2, -0.15) is 0 Å². The molecular formula is C14H30N2. The third-order valence-corrected chi connectivity index (χ3v) is 4.26. The van der Waals surface area contributed by atoms with Crippen molar-refractivity contribution in [1.82, 2.24) is 4.90 Å². The van der Waals surface area contributed by atoms with E-state index < -0.39 is 0 Å². The van der Waals surface area contributed by atoms with Gasteiger partial charge in [-0.25, -0.2) is 0 Å². The van der Waals surface area contributed by atoms with Gasteiger partial charge in [0.1, 0.15) is 0 Å². The zero-order chi connectivity index (χ0) is 12.2. The number of hydrogen-bond donors (Lipinski definition) is 1. The summed E-state index contributed by atoms with van der Waals surface area (Å²) in [5.74, 6) is 0.814. The number of nitrogens with two attached hydrogens (primary N) is 1. The quantitative estimate of drug-likeness (QED) is 0.781. The topological polar surface area (TPSA) is 29.3 Å². The molecule has 2 heteroatoms. The Morgan fingerprint density at radius 2 is 2.00 bits per heavy atom. The highest BCUT2D eigenvalue weighted by Crippen LogP contribution is 2.31. The van der Waals surface area contributed by atoms with Crippen LogP contribution >= 0.6 is 0 Å². The SMILES string of the molecule is CCC(CC)N(C)CC1(N)CCCC(C)C1. The second-order valence-corrected chi connectivity index (χ2v) is 5.95. The van der Waals surface area contributed by atoms with Gasteiger partial charge in [0.05, 0.1) is 0 Å². The van der Waals surface area contributed by atoms with Crippen LogP contribution in [0.25, 0.3) is 0 Å². The van der Waals surface area contributed by atoms with Crippen LogP contribution in [0.1, 0.15) is 59.3 Å². The van der Waals surface area contributed by atoms with Crippen molar-refractivity contribution in [2.24, 2.45) is 11.7 Å². The summed E-state index contributed by atoms with van der Waals surface area (Å²) in [5, 5.41) is 0. The Labute approximate surface area is 102 Å². The highest BCUT2D eigenvalue weighted by Gasteiger charge is 2.32. The van der Waals surface area contributed by atoms with E-state index in [9.17, 15) is 0 Å². The second-order valence-electron chi connectivity index (χ2n) is 5.95. The molecule has 0 aromatic heterocycles. The van der Waals surface area contributed by atoms with E-state index in [0.29, 0.717) is 6.04 Å². The maximum atomic E-state index is 6.56. The highest BCUT2D eigenvalue weighted by atomic mass is 15.1. The van der Waals surface area contributed by atoms with Gasteiger partial charge in [-0.15, -0.1) is 0 Å². The molecule has 0 amide bonds. The minimum Gasteiger partial charge on any atom is -0.324 e. The summed E-state index contributed by atoms with van der Waals surface area (Å²) in [6, 6.07) is 0.706. The lowest BCUT2D eigenvalue weighted by Crippen LogP contribution is -2.53. The van der Waals surface area contributed by atoms with Crippen molar-refractivity contribution in [3.63, 3.8) is 0 Å². The first kappa shape index (κ1) is 14.0. The number of rotatable bonds is 5. The van der Waals surface area contributed by atoms with Gasteiger partial charge in [0.25, 0.3) is 0 Å². The molecular weight excluding hydrogens is 196 g/mol. The van der Waals surface area contributed by atoms with Crippen LogP contribution in [-0.4, -0.2) is 30.1 Å². The van der Waals surface area contributed by atoms with E-state index in [2.05, 4.69) is 32.7 Å². The normalized spacial score (nSPS) is 31.3. The van der Waals surface area contributed by atoms with Crippen molar-refractivity contribution in [2.45, 2.75) is 70.9 Å². The summed E-state index contributed by atoms with van der Waals surface area (Å²) >= 11 is 0. The summed E-state index contributed by atoms with van der Waals surface area (Å²) in [4.78, 5) is 2.48. The first-order chi connectivity index (χ1) is 7.50. The Bertz CT molecular complexity index is 201. The second kappa shape index (κ2) is 6.02. The fourth-order valence-electron chi connectivity index (χ4n) is 3.38. The monoisotopic (exact) mass is 226 g/mol. The summed E-state index contributed by atoms with van der Waals surface area (Å²) < 4.78 is 0. The molecule has 0 aromatic carbocycles. The van der Waals surface area contributed by atoms with E-state index in [4.69, 9.17) is 5.73 Å². The average Bonchev–Trinajstić information content (AvgIpc) is 2.18. The molecule has 1 fully saturated rings. The minimum atomic E-state index is 0.0784. The summed E-state index contributed by atoms with van der Waals surface area (Å²) in [5.41, 5.74) is 6.63. The fraction of sp³-hybridized carbons (Fsp3) is 1.00. The van der Waals surface area contributed by atoms with Crippen molar-refractivity contribution >= 4 is 0 Å². The largest absolute Gasteiger partial charge is 0.324 e. The molecule has 0 spiro atoms. The summed E-state index contributed by atoms with van der Waals surface area (Å²) in [6.07, 6.45) is 7.57. The molecule has 0 bridgehead atoms. The molecule has 0 aliphatic heterocycles. The predicted molar refractivity (Wildman–Crippen MR) is 71.6 cm³/mol. The molecule has 16 heavy (non-hydrogen) atoms. The number of nitrogens with zero attached hydrogens (tertiary/aromatic N) is 1. The van der Waals surface area contributed by atoms with Crippen LogP contribution in [0.3, 0.4) is 0 Å². The van der Waals surface area contributed by atoms with Crippen molar-refractivity contribution in [3.8, 4) is 0 Å². The Kier molecular flexibility index (Phi) is 5.26. The third-order valence-electron chi connectivity index (χ3n) is 4.26. The van der Waals surface area contributed by atoms with E-state index in [-0.39, 0.29) is 5.54 Å². The van der Waals surface area contributed by atoms with Gasteiger partial charge in [0.15, 0.2) is 0 Å². The van der Waals surface area contributed by atoms with Gasteiger partial charge in [-0.3, -0.25) is 0 Å². The lowest BCUT2D eigenvalue weighted by molar-refractivity contribution is 0.133. The molecule has 2 N–H and O–H groups in total. The lowest BCUT2D eigenvalue weighted by atomic mass is 9.76. The fourth-order valence-corrected chi connectivity index (χ4v) is 3.38. The predicted octanol–water partition coefficient (Wildman–Crippen LogP) is 3.01. The molecule has 1 saturated carbocycles. The van der Waals surface area contributed by atoms with Crippen molar-refractivity contribution < 1.29 is 0 Å². The van der Waals surface area contributed by atoms with Crippen molar-refractivity contribution in [1.29, 1.82) is 0 Å². The number of hydrogen-bond acceptors (Lipinski definition) is 2. The van der Waals surface area contributed by atoms with Gasteiger partial charge >= 0.3 is 0 Å². The van der Waals surface area contributed by atoms with Crippen LogP contribution in [0, 0.1) is 5.92 Å². The van der Waals surface area contributed by atoms with Gasteiger partial charge in [0, 0.05) is 18.1 Å². The van der Waals surface area contributed by atoms with Gasteiger partial charge in [0.2, 0.25) is 0 Å². The summed E-state index contributed by atoms with van der Waals surface area (Å²) in [6.45, 7) is 7.97. The first-order valence-corrected chi connectivity index (χ1v) is 7.00. The van der Waals surface area contributed by atoms with E-state index in [0.717, 1.165) is 12.5 Å². The lowest BCUT2D eigenvalue weighted by Gasteiger charge is -2.41. The molecule has 2 nitrogen and oxygen atoms in total. The van der Waals surface area contributed by atoms with Gasteiger partial charge in [-0.1, -0.05) is 33.6 Å². The minimum absolute atomic E-state index is 0.0784. The Morgan fingerprint density at radius 3 is 2.50 bits per heavy atom. The summed E-state index contributed by atoms with van der Waals surface area (Å²) in [7, 11) is 2.24. The smallest absolute Gasteiger partial charge is 0.0285 e. The molecule has 1 rings (SSSR count). The molecule has 2 unspecified atom stereocenters. The Hall–Kier alpha value is -0.0800. The molecule has 0 saturated heterocycles. The Morgan fingerprint density at radius 1 is 1.38 bits per heavy atom. The average molecular weight is 226 g/mol. The molecule has 1 aliphatic carbocycles. The van der Waals surface area contributed by atoms with Crippen LogP contribution in [0.15, 0.2) is 0 Å². The maximum absolute atomic E-state index is 6.56. The van der Waals surface area contributed by atoms with E-state index >= 15 is 0 Å². The molecule has 96 valence electrons. The standard InChI is InChI=1S/C14H30N2/c1-5-13(6-2)16(4)11-14(15)9-7-8-12(3)10-14/h12-13H,5-11,15H2,1-4H3. The van der Waals surface area contributed by atoms with E-state index in [1.807, 2.05) is 0 Å². The molecule has 0 radical (unpaired) electrons. The zero-order valence-electron chi connectivity index (χ0n) is 11.6. The van der Waals surface area contributed by atoms with Gasteiger partial charge in [-0.05, 0) is 38.6 Å². The maximum Gasteiger partial charge on any atom is 0.0285 e. The zero-order valence-corrected chi connectivity index (χ0v) is 11.6. The Balaban J connectivity index is 2.50. The van der Waals surface area contributed by atoms with Crippen molar-refractivity contribution in [2.75, 3.05) is 13.6 Å². The van der Waals surface area contributed by atoms with Crippen LogP contribution in [0.5, 0.6) is 0 Å². The molecule has 2 atom stereocenters. The molecule has 1 aliphatic rings. The molecule has 0 aromatic rings. The van der Waals surface area contributed by atoms with E-state index in [1.165, 1.54) is 38.5 Å². The van der Waals surface area contributed by atoms with Gasteiger partial charge < -0.3 is 10.6 Å². The van der Waals surface area contributed by atoms with Crippen LogP contribution in [-0.2, 0) is 0 Å². The number of likely N-dealkylation sites (N-methyl/N-ethyl adjacent to an activating group) is 1. The van der Waals surface area contributed by atoms with Crippen molar-refractivity contribution in [3.05, 3.63) is 0 Å². The van der Waals surface area contributed by atoms with E-state index in [1.54, 1.807) is 0 Å². The van der Waals surface area contributed by atoms with Crippen LogP contribution in [0.2, 0.25) is 0 Å². The van der Waals surface area contributed by atoms with Crippen LogP contribution in [0.4, 0.5) is 0 Å². The third kappa shape index (κ3) is 3.74. The van der Waals surface area contributed by atoms with Crippen LogP contribution < -0.4 is 5.73 Å². The molecule has 0 heterocycles. The highest BCUT2D eigenvalue weighted by molar-refractivity contribution is 4.92. The first-order valence-electron chi connectivity index (χ1n) is 7.00.